The Morgan fingerprint density at radius 2 is 1.25 bits per heavy atom. The van der Waals surface area contributed by atoms with E-state index in [1.54, 1.807) is 0 Å². The highest BCUT2D eigenvalue weighted by molar-refractivity contribution is 5.98. The predicted octanol–water partition coefficient (Wildman–Crippen LogP) is 5.40. The highest BCUT2D eigenvalue weighted by Gasteiger charge is 2.33. The van der Waals surface area contributed by atoms with Gasteiger partial charge in [0.15, 0.2) is 0 Å². The smallest absolute Gasteiger partial charge is 0.146 e. The van der Waals surface area contributed by atoms with Crippen LogP contribution in [-0.2, 0) is 4.43 Å². The van der Waals surface area contributed by atoms with Gasteiger partial charge in [-0.3, -0.25) is 0 Å². The summed E-state index contributed by atoms with van der Waals surface area (Å²) in [5, 5.41) is 0. The number of hydrogen-bond donors (Lipinski definition) is 0. The molecule has 0 fully saturated rings. The van der Waals surface area contributed by atoms with Gasteiger partial charge in [-0.15, -0.1) is 0 Å². The minimum atomic E-state index is 0.213. The summed E-state index contributed by atoms with van der Waals surface area (Å²) >= 11 is 0. The van der Waals surface area contributed by atoms with Crippen LogP contribution in [0.4, 0.5) is 0 Å². The zero-order valence-corrected chi connectivity index (χ0v) is 17.0. The average Bonchev–Trinajstić information content (AvgIpc) is 2.46. The number of hydrogen-bond acceptors (Lipinski definition) is 1. The molecule has 1 nitrogen and oxygen atoms in total. The molecule has 0 aromatic carbocycles. The maximum absolute atomic E-state index is 6.26. The Morgan fingerprint density at radius 1 is 0.800 bits per heavy atom. The summed E-state index contributed by atoms with van der Waals surface area (Å²) in [7, 11) is 0.890. The first-order valence-electron chi connectivity index (χ1n) is 9.22. The number of unbranched alkanes of at least 4 members (excludes halogenated alkanes) is 6. The Bertz CT molecular complexity index is 196. The molecular weight excluding hydrogens is 260 g/mol. The van der Waals surface area contributed by atoms with Gasteiger partial charge in [0.1, 0.15) is 10.5 Å². The molecule has 0 aliphatic rings. The Morgan fingerprint density at radius 3 is 1.65 bits per heavy atom. The van der Waals surface area contributed by atoms with Crippen molar-refractivity contribution in [2.24, 2.45) is 5.92 Å². The molecule has 0 bridgehead atoms. The van der Waals surface area contributed by atoms with Crippen LogP contribution in [0.2, 0.25) is 0 Å². The molecule has 0 saturated heterocycles. The third-order valence-electron chi connectivity index (χ3n) is 4.95. The van der Waals surface area contributed by atoms with Crippen molar-refractivity contribution >= 4 is 10.5 Å². The minimum absolute atomic E-state index is 0.213. The maximum Gasteiger partial charge on any atom is 0.146 e. The molecular formula is C18H40OSi. The van der Waals surface area contributed by atoms with Crippen LogP contribution in [0.15, 0.2) is 0 Å². The monoisotopic (exact) mass is 300 g/mol. The summed E-state index contributed by atoms with van der Waals surface area (Å²) in [6, 6.07) is 0. The van der Waals surface area contributed by atoms with Crippen molar-refractivity contribution in [2.75, 3.05) is 0 Å². The fourth-order valence-corrected chi connectivity index (χ4v) is 4.15. The molecule has 2 heteroatoms. The molecule has 0 aliphatic heterocycles. The standard InChI is InChI=1S/C18H40OSi/c1-5-8-11-14-17(4)18(19-20,15-12-9-6-2)16-13-10-7-3/h17H,5-16H2,1-4,20H3. The highest BCUT2D eigenvalue weighted by atomic mass is 28.2. The lowest BCUT2D eigenvalue weighted by Crippen LogP contribution is -2.39. The van der Waals surface area contributed by atoms with Gasteiger partial charge < -0.3 is 4.43 Å². The molecule has 0 aliphatic carbocycles. The summed E-state index contributed by atoms with van der Waals surface area (Å²) in [6.45, 7) is 9.34. The molecule has 20 heavy (non-hydrogen) atoms. The summed E-state index contributed by atoms with van der Waals surface area (Å²) in [5.41, 5.74) is 0.213. The van der Waals surface area contributed by atoms with Crippen LogP contribution >= 0.6 is 0 Å². The van der Waals surface area contributed by atoms with Crippen molar-refractivity contribution < 1.29 is 4.43 Å². The largest absolute Gasteiger partial charge is 0.422 e. The fraction of sp³-hybridized carbons (Fsp3) is 1.00. The van der Waals surface area contributed by atoms with Crippen LogP contribution in [0, 0.1) is 5.92 Å². The Hall–Kier alpha value is 0.177. The molecule has 0 rings (SSSR count). The van der Waals surface area contributed by atoms with E-state index >= 15 is 0 Å². The Kier molecular flexibility index (Phi) is 13.0. The van der Waals surface area contributed by atoms with Crippen LogP contribution in [0.1, 0.15) is 105 Å². The summed E-state index contributed by atoms with van der Waals surface area (Å²) in [6.07, 6.45) is 16.1. The second-order valence-electron chi connectivity index (χ2n) is 6.58. The van der Waals surface area contributed by atoms with E-state index in [1.165, 1.54) is 77.0 Å². The van der Waals surface area contributed by atoms with Crippen molar-refractivity contribution in [1.82, 2.24) is 0 Å². The third kappa shape index (κ3) is 7.83. The first-order valence-corrected chi connectivity index (χ1v) is 10.0. The predicted molar refractivity (Wildman–Crippen MR) is 95.3 cm³/mol. The molecule has 0 amide bonds. The van der Waals surface area contributed by atoms with Gasteiger partial charge in [-0.1, -0.05) is 85.5 Å². The summed E-state index contributed by atoms with van der Waals surface area (Å²) in [4.78, 5) is 0. The first-order chi connectivity index (χ1) is 9.66. The molecule has 0 spiro atoms. The van der Waals surface area contributed by atoms with Crippen LogP contribution in [0.25, 0.3) is 0 Å². The van der Waals surface area contributed by atoms with Crippen molar-refractivity contribution in [3.63, 3.8) is 0 Å². The van der Waals surface area contributed by atoms with E-state index in [-0.39, 0.29) is 5.60 Å². The Balaban J connectivity index is 4.51. The van der Waals surface area contributed by atoms with E-state index in [0.717, 1.165) is 16.4 Å². The van der Waals surface area contributed by atoms with Crippen LogP contribution in [0.5, 0.6) is 0 Å². The van der Waals surface area contributed by atoms with E-state index < -0.39 is 0 Å². The quantitative estimate of drug-likeness (QED) is 0.308. The Labute approximate surface area is 131 Å². The fourth-order valence-electron chi connectivity index (χ4n) is 3.34. The van der Waals surface area contributed by atoms with Crippen molar-refractivity contribution in [2.45, 2.75) is 110 Å². The number of rotatable bonds is 14. The molecule has 0 aromatic rings. The third-order valence-corrected chi connectivity index (χ3v) is 5.77. The van der Waals surface area contributed by atoms with E-state index in [9.17, 15) is 0 Å². The van der Waals surface area contributed by atoms with E-state index in [2.05, 4.69) is 27.7 Å². The van der Waals surface area contributed by atoms with E-state index in [0.29, 0.717) is 0 Å². The van der Waals surface area contributed by atoms with Crippen LogP contribution in [0.3, 0.4) is 0 Å². The second kappa shape index (κ2) is 12.9. The van der Waals surface area contributed by atoms with Gasteiger partial charge in [0, 0.05) is 0 Å². The minimum Gasteiger partial charge on any atom is -0.422 e. The first kappa shape index (κ1) is 20.2. The molecule has 0 saturated carbocycles. The summed E-state index contributed by atoms with van der Waals surface area (Å²) < 4.78 is 6.26. The average molecular weight is 301 g/mol. The van der Waals surface area contributed by atoms with Crippen LogP contribution in [-0.4, -0.2) is 16.1 Å². The van der Waals surface area contributed by atoms with Crippen molar-refractivity contribution in [3.8, 4) is 0 Å². The van der Waals surface area contributed by atoms with E-state index in [4.69, 9.17) is 4.43 Å². The molecule has 1 unspecified atom stereocenters. The maximum atomic E-state index is 6.26. The molecule has 0 N–H and O–H groups in total. The lowest BCUT2D eigenvalue weighted by molar-refractivity contribution is -0.00306. The zero-order chi connectivity index (χ0) is 15.3. The molecule has 122 valence electrons. The van der Waals surface area contributed by atoms with Crippen molar-refractivity contribution in [1.29, 1.82) is 0 Å². The molecule has 0 aromatic heterocycles. The highest BCUT2D eigenvalue weighted by Crippen LogP contribution is 2.36. The zero-order valence-electron chi connectivity index (χ0n) is 15.0. The normalized spacial score (nSPS) is 13.8. The van der Waals surface area contributed by atoms with Crippen molar-refractivity contribution in [3.05, 3.63) is 0 Å². The molecule has 1 atom stereocenters. The van der Waals surface area contributed by atoms with Gasteiger partial charge in [0.25, 0.3) is 0 Å². The topological polar surface area (TPSA) is 9.23 Å². The SMILES string of the molecule is CCCCCC(C)C(CCCCC)(CCCCC)O[SiH3]. The van der Waals surface area contributed by atoms with Gasteiger partial charge in [0.05, 0.1) is 5.60 Å². The lowest BCUT2D eigenvalue weighted by atomic mass is 9.77. The van der Waals surface area contributed by atoms with E-state index in [1.807, 2.05) is 0 Å². The van der Waals surface area contributed by atoms with Gasteiger partial charge >= 0.3 is 0 Å². The molecule has 0 heterocycles. The van der Waals surface area contributed by atoms with Gasteiger partial charge in [-0.05, 0) is 25.2 Å². The second-order valence-corrected chi connectivity index (χ2v) is 6.99. The van der Waals surface area contributed by atoms with Crippen LogP contribution < -0.4 is 0 Å². The lowest BCUT2D eigenvalue weighted by Gasteiger charge is -2.39. The summed E-state index contributed by atoms with van der Waals surface area (Å²) in [5.74, 6) is 0.736. The van der Waals surface area contributed by atoms with Gasteiger partial charge in [0.2, 0.25) is 0 Å². The van der Waals surface area contributed by atoms with Gasteiger partial charge in [-0.2, -0.15) is 0 Å². The molecule has 0 radical (unpaired) electrons. The van der Waals surface area contributed by atoms with Gasteiger partial charge in [-0.25, -0.2) is 0 Å².